The Morgan fingerprint density at radius 2 is 1.93 bits per heavy atom. The van der Waals surface area contributed by atoms with Crippen LogP contribution in [0.15, 0.2) is 54.1 Å². The molecule has 0 unspecified atom stereocenters. The van der Waals surface area contributed by atoms with Gasteiger partial charge in [-0.1, -0.05) is 23.7 Å². The first-order valence-electron chi connectivity index (χ1n) is 9.40. The summed E-state index contributed by atoms with van der Waals surface area (Å²) in [5.74, 6) is -1.71. The van der Waals surface area contributed by atoms with Crippen molar-refractivity contribution < 1.29 is 24.5 Å². The van der Waals surface area contributed by atoms with Crippen LogP contribution in [-0.4, -0.2) is 46.1 Å². The van der Waals surface area contributed by atoms with Crippen molar-refractivity contribution in [2.75, 3.05) is 13.2 Å². The standard InChI is InChI=1S/C22H20ClNO5/c23-15-8-6-13(7-9-15)20(26)18-19(14-3-1-4-16(25)11-14)24(22(28)21(18)27)12-17-5-2-10-29-17/h1,3-4,6-9,11,17,19,25-26H,2,5,10,12H2/b20-18+/t17-,19-/m1/s1. The van der Waals surface area contributed by atoms with Gasteiger partial charge in [-0.2, -0.15) is 0 Å². The summed E-state index contributed by atoms with van der Waals surface area (Å²) < 4.78 is 5.65. The summed E-state index contributed by atoms with van der Waals surface area (Å²) >= 11 is 5.92. The number of likely N-dealkylation sites (tertiary alicyclic amines) is 1. The van der Waals surface area contributed by atoms with Gasteiger partial charge in [0.15, 0.2) is 0 Å². The number of ketones is 1. The molecule has 2 N–H and O–H groups in total. The summed E-state index contributed by atoms with van der Waals surface area (Å²) in [5.41, 5.74) is 0.910. The van der Waals surface area contributed by atoms with Crippen LogP contribution in [0.1, 0.15) is 30.0 Å². The van der Waals surface area contributed by atoms with Gasteiger partial charge in [-0.3, -0.25) is 9.59 Å². The summed E-state index contributed by atoms with van der Waals surface area (Å²) in [5, 5.41) is 21.4. The summed E-state index contributed by atoms with van der Waals surface area (Å²) in [6, 6.07) is 11.9. The van der Waals surface area contributed by atoms with Crippen LogP contribution in [0.25, 0.3) is 5.76 Å². The second-order valence-corrected chi connectivity index (χ2v) is 7.62. The largest absolute Gasteiger partial charge is 0.508 e. The van der Waals surface area contributed by atoms with Crippen LogP contribution in [0.4, 0.5) is 0 Å². The molecule has 0 spiro atoms. The molecule has 2 aromatic rings. The van der Waals surface area contributed by atoms with Crippen LogP contribution < -0.4 is 0 Å². The third-order valence-electron chi connectivity index (χ3n) is 5.27. The molecule has 29 heavy (non-hydrogen) atoms. The topological polar surface area (TPSA) is 87.1 Å². The molecule has 2 aliphatic rings. The highest BCUT2D eigenvalue weighted by atomic mass is 35.5. The number of carbonyl (C=O) groups is 2. The molecule has 0 aliphatic carbocycles. The Morgan fingerprint density at radius 1 is 1.17 bits per heavy atom. The third-order valence-corrected chi connectivity index (χ3v) is 5.52. The van der Waals surface area contributed by atoms with E-state index in [1.807, 2.05) is 0 Å². The van der Waals surface area contributed by atoms with E-state index in [2.05, 4.69) is 0 Å². The first-order chi connectivity index (χ1) is 14.0. The molecule has 0 bridgehead atoms. The molecule has 2 fully saturated rings. The summed E-state index contributed by atoms with van der Waals surface area (Å²) in [4.78, 5) is 27.2. The Balaban J connectivity index is 1.83. The number of Topliss-reactive ketones (excluding diaryl/α,β-unsaturated/α-hetero) is 1. The number of benzene rings is 2. The minimum Gasteiger partial charge on any atom is -0.508 e. The van der Waals surface area contributed by atoms with E-state index >= 15 is 0 Å². The Hall–Kier alpha value is -2.83. The lowest BCUT2D eigenvalue weighted by Gasteiger charge is -2.27. The molecule has 2 aliphatic heterocycles. The highest BCUT2D eigenvalue weighted by Crippen LogP contribution is 2.40. The van der Waals surface area contributed by atoms with Crippen molar-refractivity contribution in [1.82, 2.24) is 4.90 Å². The van der Waals surface area contributed by atoms with Gasteiger partial charge in [0.25, 0.3) is 11.7 Å². The van der Waals surface area contributed by atoms with Crippen LogP contribution in [0.3, 0.4) is 0 Å². The lowest BCUT2D eigenvalue weighted by Crippen LogP contribution is -2.36. The Bertz CT molecular complexity index is 979. The molecule has 6 nitrogen and oxygen atoms in total. The number of phenolic OH excluding ortho intramolecular Hbond substituents is 1. The average Bonchev–Trinajstić information content (AvgIpc) is 3.30. The summed E-state index contributed by atoms with van der Waals surface area (Å²) in [6.07, 6.45) is 1.53. The van der Waals surface area contributed by atoms with Gasteiger partial charge in [0, 0.05) is 23.7 Å². The molecule has 0 aromatic heterocycles. The Kier molecular flexibility index (Phi) is 5.30. The smallest absolute Gasteiger partial charge is 0.295 e. The predicted molar refractivity (Wildman–Crippen MR) is 108 cm³/mol. The van der Waals surface area contributed by atoms with E-state index < -0.39 is 17.7 Å². The highest BCUT2D eigenvalue weighted by Gasteiger charge is 2.47. The maximum atomic E-state index is 12.9. The van der Waals surface area contributed by atoms with Crippen LogP contribution in [0.2, 0.25) is 5.02 Å². The van der Waals surface area contributed by atoms with Crippen LogP contribution in [-0.2, 0) is 14.3 Å². The van der Waals surface area contributed by atoms with Crippen molar-refractivity contribution in [3.8, 4) is 5.75 Å². The van der Waals surface area contributed by atoms with E-state index in [9.17, 15) is 19.8 Å². The maximum Gasteiger partial charge on any atom is 0.295 e. The number of ether oxygens (including phenoxy) is 1. The van der Waals surface area contributed by atoms with Crippen molar-refractivity contribution >= 4 is 29.1 Å². The number of halogens is 1. The van der Waals surface area contributed by atoms with E-state index in [1.165, 1.54) is 17.0 Å². The molecular weight excluding hydrogens is 394 g/mol. The lowest BCUT2D eigenvalue weighted by molar-refractivity contribution is -0.140. The monoisotopic (exact) mass is 413 g/mol. The van der Waals surface area contributed by atoms with Gasteiger partial charge in [-0.05, 0) is 54.8 Å². The number of hydrogen-bond acceptors (Lipinski definition) is 5. The van der Waals surface area contributed by atoms with Gasteiger partial charge in [0.2, 0.25) is 0 Å². The van der Waals surface area contributed by atoms with Gasteiger partial charge < -0.3 is 19.8 Å². The van der Waals surface area contributed by atoms with Crippen LogP contribution >= 0.6 is 11.6 Å². The summed E-state index contributed by atoms with van der Waals surface area (Å²) in [6.45, 7) is 0.860. The number of aliphatic hydroxyl groups excluding tert-OH is 1. The number of aliphatic hydroxyl groups is 1. The van der Waals surface area contributed by atoms with Crippen molar-refractivity contribution in [3.05, 3.63) is 70.3 Å². The Morgan fingerprint density at radius 3 is 2.59 bits per heavy atom. The molecule has 7 heteroatoms. The second kappa shape index (κ2) is 7.89. The van der Waals surface area contributed by atoms with E-state index in [-0.39, 0.29) is 29.7 Å². The number of rotatable bonds is 4. The van der Waals surface area contributed by atoms with Gasteiger partial charge in [0.1, 0.15) is 11.5 Å². The second-order valence-electron chi connectivity index (χ2n) is 7.19. The van der Waals surface area contributed by atoms with Gasteiger partial charge in [-0.25, -0.2) is 0 Å². The number of carbonyl (C=O) groups excluding carboxylic acids is 2. The van der Waals surface area contributed by atoms with Crippen molar-refractivity contribution in [2.24, 2.45) is 0 Å². The molecule has 2 aromatic carbocycles. The van der Waals surface area contributed by atoms with Crippen LogP contribution in [0, 0.1) is 0 Å². The minimum atomic E-state index is -0.818. The number of hydrogen-bond donors (Lipinski definition) is 2. The maximum absolute atomic E-state index is 12.9. The number of aromatic hydroxyl groups is 1. The molecule has 4 rings (SSSR count). The number of nitrogens with zero attached hydrogens (tertiary/aromatic N) is 1. The number of phenols is 1. The minimum absolute atomic E-state index is 0.0108. The molecule has 150 valence electrons. The zero-order valence-electron chi connectivity index (χ0n) is 15.5. The fourth-order valence-electron chi connectivity index (χ4n) is 3.88. The fourth-order valence-corrected chi connectivity index (χ4v) is 4.01. The van der Waals surface area contributed by atoms with E-state index in [4.69, 9.17) is 16.3 Å². The van der Waals surface area contributed by atoms with E-state index in [1.54, 1.807) is 36.4 Å². The zero-order chi connectivity index (χ0) is 20.5. The highest BCUT2D eigenvalue weighted by molar-refractivity contribution is 6.46. The van der Waals surface area contributed by atoms with Crippen molar-refractivity contribution in [3.63, 3.8) is 0 Å². The van der Waals surface area contributed by atoms with Crippen molar-refractivity contribution in [1.29, 1.82) is 0 Å². The molecule has 2 heterocycles. The average molecular weight is 414 g/mol. The SMILES string of the molecule is O=C1C(=O)N(C[C@H]2CCCO2)[C@H](c2cccc(O)c2)/C1=C(\O)c1ccc(Cl)cc1. The van der Waals surface area contributed by atoms with Crippen LogP contribution in [0.5, 0.6) is 5.75 Å². The molecule has 2 atom stereocenters. The molecule has 2 saturated heterocycles. The lowest BCUT2D eigenvalue weighted by atomic mass is 9.95. The van der Waals surface area contributed by atoms with E-state index in [0.717, 1.165) is 12.8 Å². The number of amides is 1. The quantitative estimate of drug-likeness (QED) is 0.454. The normalized spacial score (nSPS) is 23.7. The van der Waals surface area contributed by atoms with E-state index in [0.29, 0.717) is 22.8 Å². The molecular formula is C22H20ClNO5. The predicted octanol–water partition coefficient (Wildman–Crippen LogP) is 3.65. The van der Waals surface area contributed by atoms with Crippen molar-refractivity contribution in [2.45, 2.75) is 25.0 Å². The van der Waals surface area contributed by atoms with Gasteiger partial charge in [0.05, 0.1) is 17.7 Å². The van der Waals surface area contributed by atoms with Gasteiger partial charge in [-0.15, -0.1) is 0 Å². The first-order valence-corrected chi connectivity index (χ1v) is 9.78. The van der Waals surface area contributed by atoms with Gasteiger partial charge >= 0.3 is 0 Å². The molecule has 0 radical (unpaired) electrons. The molecule has 1 amide bonds. The first kappa shape index (κ1) is 19.5. The third kappa shape index (κ3) is 3.73. The summed E-state index contributed by atoms with van der Waals surface area (Å²) in [7, 11) is 0. The fraction of sp³-hybridized carbons (Fsp3) is 0.273. The Labute approximate surface area is 173 Å². The molecule has 0 saturated carbocycles. The zero-order valence-corrected chi connectivity index (χ0v) is 16.3.